The Balaban J connectivity index is 1.50. The number of nitrogens with zero attached hydrogens (tertiary/aromatic N) is 1. The second-order valence-corrected chi connectivity index (χ2v) is 7.07. The lowest BCUT2D eigenvalue weighted by molar-refractivity contribution is -0.119. The number of methoxy groups -OCH3 is 1. The second kappa shape index (κ2) is 5.69. The molecule has 4 unspecified atom stereocenters. The van der Waals surface area contributed by atoms with Crippen molar-refractivity contribution in [2.45, 2.75) is 25.3 Å². The highest BCUT2D eigenvalue weighted by atomic mass is 16.5. The number of nitrogens with two attached hydrogens (primary N) is 1. The Kier molecular flexibility index (Phi) is 3.62. The number of likely N-dealkylation sites (tertiary alicyclic amines) is 1. The van der Waals surface area contributed by atoms with Gasteiger partial charge in [0.2, 0.25) is 0 Å². The van der Waals surface area contributed by atoms with Crippen LogP contribution in [0.2, 0.25) is 0 Å². The molecule has 3 fully saturated rings. The number of amides is 2. The van der Waals surface area contributed by atoms with Crippen LogP contribution in [0.15, 0.2) is 18.2 Å². The molecule has 3 aliphatic rings. The molecule has 2 saturated carbocycles. The van der Waals surface area contributed by atoms with Gasteiger partial charge in [0.05, 0.1) is 7.11 Å². The Labute approximate surface area is 140 Å². The minimum Gasteiger partial charge on any atom is -0.493 e. The fraction of sp³-hybridized carbons (Fsp3) is 0.556. The van der Waals surface area contributed by atoms with E-state index in [0.717, 1.165) is 12.5 Å². The van der Waals surface area contributed by atoms with Gasteiger partial charge in [0.15, 0.2) is 18.1 Å². The molecule has 1 aromatic carbocycles. The quantitative estimate of drug-likeness (QED) is 0.885. The predicted octanol–water partition coefficient (Wildman–Crippen LogP) is 1.43. The average molecular weight is 330 g/mol. The van der Waals surface area contributed by atoms with Gasteiger partial charge in [-0.05, 0) is 49.3 Å². The van der Waals surface area contributed by atoms with Gasteiger partial charge in [-0.3, -0.25) is 9.59 Å². The first-order valence-electron chi connectivity index (χ1n) is 8.48. The molecule has 1 aromatic rings. The second-order valence-electron chi connectivity index (χ2n) is 7.07. The fourth-order valence-electron chi connectivity index (χ4n) is 4.79. The summed E-state index contributed by atoms with van der Waals surface area (Å²) in [6, 6.07) is 5.50. The fourth-order valence-corrected chi connectivity index (χ4v) is 4.79. The number of hydrogen-bond donors (Lipinski definition) is 1. The molecular weight excluding hydrogens is 308 g/mol. The highest BCUT2D eigenvalue weighted by Gasteiger charge is 2.57. The number of hydrogen-bond acceptors (Lipinski definition) is 4. The number of carbonyl (C=O) groups is 2. The van der Waals surface area contributed by atoms with E-state index in [4.69, 9.17) is 15.2 Å². The lowest BCUT2D eigenvalue weighted by Gasteiger charge is -2.50. The molecule has 6 nitrogen and oxygen atoms in total. The Hall–Kier alpha value is -2.24. The van der Waals surface area contributed by atoms with Crippen LogP contribution in [-0.2, 0) is 4.79 Å². The Bertz CT molecular complexity index is 688. The van der Waals surface area contributed by atoms with Crippen LogP contribution in [0.5, 0.6) is 11.5 Å². The van der Waals surface area contributed by atoms with E-state index in [-0.39, 0.29) is 12.5 Å². The van der Waals surface area contributed by atoms with Gasteiger partial charge in [-0.2, -0.15) is 0 Å². The molecule has 2 aliphatic carbocycles. The number of primary amides is 1. The zero-order chi connectivity index (χ0) is 16.8. The van der Waals surface area contributed by atoms with Crippen molar-refractivity contribution in [3.05, 3.63) is 23.8 Å². The number of rotatable bonds is 5. The number of carbonyl (C=O) groups excluding carboxylic acids is 2. The van der Waals surface area contributed by atoms with E-state index in [1.807, 2.05) is 4.90 Å². The molecule has 24 heavy (non-hydrogen) atoms. The first-order valence-corrected chi connectivity index (χ1v) is 8.48. The molecule has 0 aromatic heterocycles. The third kappa shape index (κ3) is 2.32. The summed E-state index contributed by atoms with van der Waals surface area (Å²) >= 11 is 0. The summed E-state index contributed by atoms with van der Waals surface area (Å²) in [6.45, 7) is 0.662. The predicted molar refractivity (Wildman–Crippen MR) is 86.8 cm³/mol. The molecule has 2 bridgehead atoms. The smallest absolute Gasteiger partial charge is 0.255 e. The highest BCUT2D eigenvalue weighted by Crippen LogP contribution is 2.55. The molecule has 2 N–H and O–H groups in total. The number of benzene rings is 1. The molecule has 1 aliphatic heterocycles. The van der Waals surface area contributed by atoms with Gasteiger partial charge in [0, 0.05) is 24.1 Å². The Morgan fingerprint density at radius 2 is 2.04 bits per heavy atom. The van der Waals surface area contributed by atoms with Crippen LogP contribution in [0.4, 0.5) is 0 Å². The number of fused-ring (bicyclic) bond motifs is 5. The topological polar surface area (TPSA) is 81.9 Å². The first kappa shape index (κ1) is 15.3. The molecule has 0 radical (unpaired) electrons. The van der Waals surface area contributed by atoms with Crippen molar-refractivity contribution in [1.29, 1.82) is 0 Å². The van der Waals surface area contributed by atoms with Crippen LogP contribution in [0.3, 0.4) is 0 Å². The molecule has 6 heteroatoms. The largest absolute Gasteiger partial charge is 0.493 e. The van der Waals surface area contributed by atoms with E-state index in [2.05, 4.69) is 0 Å². The van der Waals surface area contributed by atoms with Crippen LogP contribution in [0, 0.1) is 17.8 Å². The van der Waals surface area contributed by atoms with E-state index < -0.39 is 5.91 Å². The van der Waals surface area contributed by atoms with Crippen molar-refractivity contribution < 1.29 is 19.1 Å². The van der Waals surface area contributed by atoms with Gasteiger partial charge >= 0.3 is 0 Å². The monoisotopic (exact) mass is 330 g/mol. The normalized spacial score (nSPS) is 29.8. The summed E-state index contributed by atoms with van der Waals surface area (Å²) in [4.78, 5) is 25.7. The van der Waals surface area contributed by atoms with Gasteiger partial charge in [-0.15, -0.1) is 0 Å². The SMILES string of the molecule is COc1cc(C(=O)N2CC3C4CCC(C4)C32)ccc1OCC(N)=O. The van der Waals surface area contributed by atoms with Crippen molar-refractivity contribution >= 4 is 11.8 Å². The van der Waals surface area contributed by atoms with E-state index in [0.29, 0.717) is 34.9 Å². The summed E-state index contributed by atoms with van der Waals surface area (Å²) in [5.74, 6) is 2.60. The average Bonchev–Trinajstić information content (AvgIpc) is 3.09. The zero-order valence-corrected chi connectivity index (χ0v) is 13.7. The highest BCUT2D eigenvalue weighted by molar-refractivity contribution is 5.95. The van der Waals surface area contributed by atoms with Crippen molar-refractivity contribution in [2.75, 3.05) is 20.3 Å². The molecule has 4 rings (SSSR count). The molecule has 1 heterocycles. The van der Waals surface area contributed by atoms with E-state index in [9.17, 15) is 9.59 Å². The molecular formula is C18H22N2O4. The van der Waals surface area contributed by atoms with Gasteiger partial charge < -0.3 is 20.1 Å². The van der Waals surface area contributed by atoms with Crippen LogP contribution < -0.4 is 15.2 Å². The third-order valence-electron chi connectivity index (χ3n) is 5.85. The first-order chi connectivity index (χ1) is 11.6. The molecule has 1 saturated heterocycles. The summed E-state index contributed by atoms with van der Waals surface area (Å²) in [5.41, 5.74) is 5.69. The van der Waals surface area contributed by atoms with E-state index in [1.165, 1.54) is 26.4 Å². The third-order valence-corrected chi connectivity index (χ3v) is 5.85. The van der Waals surface area contributed by atoms with Gasteiger partial charge in [-0.1, -0.05) is 0 Å². The van der Waals surface area contributed by atoms with Gasteiger partial charge in [0.25, 0.3) is 11.8 Å². The Morgan fingerprint density at radius 3 is 2.75 bits per heavy atom. The van der Waals surface area contributed by atoms with Crippen LogP contribution >= 0.6 is 0 Å². The Morgan fingerprint density at radius 1 is 1.25 bits per heavy atom. The maximum Gasteiger partial charge on any atom is 0.255 e. The van der Waals surface area contributed by atoms with E-state index >= 15 is 0 Å². The summed E-state index contributed by atoms with van der Waals surface area (Å²) in [6.07, 6.45) is 3.90. The lowest BCUT2D eigenvalue weighted by atomic mass is 9.76. The summed E-state index contributed by atoms with van der Waals surface area (Å²) < 4.78 is 10.6. The molecule has 0 spiro atoms. The number of ether oxygens (including phenoxy) is 2. The molecule has 2 amide bonds. The lowest BCUT2D eigenvalue weighted by Crippen LogP contribution is -2.60. The van der Waals surface area contributed by atoms with Gasteiger partial charge in [-0.25, -0.2) is 0 Å². The molecule has 128 valence electrons. The minimum atomic E-state index is -0.555. The van der Waals surface area contributed by atoms with Crippen molar-refractivity contribution in [3.63, 3.8) is 0 Å². The van der Waals surface area contributed by atoms with Crippen LogP contribution in [0.25, 0.3) is 0 Å². The van der Waals surface area contributed by atoms with Crippen molar-refractivity contribution in [2.24, 2.45) is 23.5 Å². The van der Waals surface area contributed by atoms with Gasteiger partial charge in [0.1, 0.15) is 0 Å². The maximum absolute atomic E-state index is 12.8. The minimum absolute atomic E-state index is 0.0588. The summed E-state index contributed by atoms with van der Waals surface area (Å²) in [7, 11) is 1.51. The maximum atomic E-state index is 12.8. The van der Waals surface area contributed by atoms with Crippen LogP contribution in [0.1, 0.15) is 29.6 Å². The standard InChI is InChI=1S/C18H22N2O4/c1-23-15-7-12(4-5-14(15)24-9-16(19)21)18(22)20-8-13-10-2-3-11(6-10)17(13)20/h4-5,7,10-11,13,17H,2-3,6,8-9H2,1H3,(H2,19,21). The van der Waals surface area contributed by atoms with Crippen molar-refractivity contribution in [3.8, 4) is 11.5 Å². The van der Waals surface area contributed by atoms with Crippen molar-refractivity contribution in [1.82, 2.24) is 4.90 Å². The summed E-state index contributed by atoms with van der Waals surface area (Å²) in [5, 5.41) is 0. The van der Waals surface area contributed by atoms with E-state index in [1.54, 1.807) is 18.2 Å². The van der Waals surface area contributed by atoms with Crippen LogP contribution in [-0.4, -0.2) is 43.0 Å². The zero-order valence-electron chi connectivity index (χ0n) is 13.7. The molecule has 4 atom stereocenters.